The molecule has 0 spiro atoms. The van der Waals surface area contributed by atoms with E-state index < -0.39 is 0 Å². The zero-order chi connectivity index (χ0) is 96.4. The Bertz CT molecular complexity index is 7030. The Morgan fingerprint density at radius 2 is 0.146 bits per heavy atom. The molecule has 0 radical (unpaired) electrons. The molecule has 0 atom stereocenters. The number of nitrogens with zero attached hydrogens (tertiary/aromatic N) is 12. The minimum absolute atomic E-state index is 0.0372. The zero-order valence-corrected chi connectivity index (χ0v) is 76.3. The molecule has 0 aliphatic carbocycles. The number of hydrogen-bond acceptors (Lipinski definition) is 24. The van der Waals surface area contributed by atoms with E-state index in [9.17, 15) is 0 Å². The first-order valence-electron chi connectivity index (χ1n) is 45.8. The van der Waals surface area contributed by atoms with Gasteiger partial charge in [0.2, 0.25) is 0 Å². The summed E-state index contributed by atoms with van der Waals surface area (Å²) in [7, 11) is 0. The second-order valence-electron chi connectivity index (χ2n) is 32.4. The molecular formula is C120H78N12O12. The molecule has 0 saturated carbocycles. The van der Waals surface area contributed by atoms with Crippen molar-refractivity contribution < 1.29 is 56.8 Å². The van der Waals surface area contributed by atoms with Crippen LogP contribution in [0.3, 0.4) is 0 Å². The van der Waals surface area contributed by atoms with Crippen LogP contribution in [0.25, 0.3) is 100 Å². The number of rotatable bonds is 33. The van der Waals surface area contributed by atoms with Gasteiger partial charge in [-0.1, -0.05) is 328 Å². The Balaban J connectivity index is 0.502. The van der Waals surface area contributed by atoms with Crippen LogP contribution in [-0.4, -0.2) is 59.8 Å². The molecule has 4 heterocycles. The summed E-state index contributed by atoms with van der Waals surface area (Å²) in [4.78, 5) is 55.0. The van der Waals surface area contributed by atoms with Gasteiger partial charge < -0.3 is 56.8 Å². The highest BCUT2D eigenvalue weighted by molar-refractivity contribution is 5.72. The summed E-state index contributed by atoms with van der Waals surface area (Å²) in [6, 6.07) is 150. The highest BCUT2D eigenvalue weighted by atomic mass is 16.6. The molecule has 0 amide bonds. The van der Waals surface area contributed by atoms with Gasteiger partial charge in [-0.2, -0.15) is 0 Å². The standard InChI is InChI=1S/C120H78N12O12/c1-7-19-79(20-8-1)85-31-55-97(56-32-85)133-109-121-110(134-98-57-33-86(34-58-98)80-21-9-2-10-22-80)125-115(124-109)139-103-67-43-91(44-68-103)94-49-73-106(74-50-94)142-118-130-119(143-107-75-51-95(52-76-107)92-45-69-104(70-46-92)140-116-126-111(135-99-59-35-87(36-60-99)81-23-11-3-12-24-81)122-112(127-116)136-100-61-37-88(38-62-100)82-25-13-4-14-26-82)132-120(131-118)144-108-77-53-96(54-78-108)93-47-71-105(72-48-93)141-117-128-113(137-101-63-39-89(40-64-101)83-27-15-5-16-28-83)123-114(129-117)138-102-65-41-90(42-66-102)84-29-17-6-18-30-84/h1-78H. The average Bonchev–Trinajstić information content (AvgIpc) is 0.825. The van der Waals surface area contributed by atoms with E-state index in [1.807, 2.05) is 437 Å². The summed E-state index contributed by atoms with van der Waals surface area (Å²) >= 11 is 0. The van der Waals surface area contributed by atoms with Crippen molar-refractivity contribution in [2.45, 2.75) is 0 Å². The zero-order valence-electron chi connectivity index (χ0n) is 76.3. The summed E-state index contributed by atoms with van der Waals surface area (Å²) in [5, 5.41) is 0. The quantitative estimate of drug-likeness (QED) is 0.0370. The van der Waals surface area contributed by atoms with Gasteiger partial charge in [0.25, 0.3) is 0 Å². The van der Waals surface area contributed by atoms with Crippen molar-refractivity contribution in [1.82, 2.24) is 59.8 Å². The predicted molar refractivity (Wildman–Crippen MR) is 547 cm³/mol. The number of benzene rings is 18. The largest absolute Gasteiger partial charge is 0.424 e. The molecule has 144 heavy (non-hydrogen) atoms. The van der Waals surface area contributed by atoms with Crippen molar-refractivity contribution in [3.05, 3.63) is 473 Å². The van der Waals surface area contributed by atoms with Crippen LogP contribution in [0.5, 0.6) is 141 Å². The summed E-state index contributed by atoms with van der Waals surface area (Å²) in [6.07, 6.45) is 0. The Labute approximate surface area is 826 Å². The Morgan fingerprint density at radius 3 is 0.222 bits per heavy atom. The maximum atomic E-state index is 6.44. The molecule has 4 aromatic heterocycles. The molecule has 0 saturated heterocycles. The van der Waals surface area contributed by atoms with E-state index in [2.05, 4.69) is 59.8 Å². The van der Waals surface area contributed by atoms with E-state index in [1.54, 1.807) is 36.4 Å². The van der Waals surface area contributed by atoms with Crippen LogP contribution in [0, 0.1) is 0 Å². The highest BCUT2D eigenvalue weighted by Crippen LogP contribution is 2.40. The molecule has 22 rings (SSSR count). The van der Waals surface area contributed by atoms with Crippen LogP contribution in [0.4, 0.5) is 0 Å². The second-order valence-corrected chi connectivity index (χ2v) is 32.4. The van der Waals surface area contributed by atoms with Gasteiger partial charge in [-0.05, 0) is 246 Å². The molecular weight excluding hydrogens is 1800 g/mol. The molecule has 0 fully saturated rings. The van der Waals surface area contributed by atoms with Gasteiger partial charge >= 0.3 is 72.1 Å². The normalized spacial score (nSPS) is 10.9. The lowest BCUT2D eigenvalue weighted by molar-refractivity contribution is 0.361. The fraction of sp³-hybridized carbons (Fsp3) is 0. The van der Waals surface area contributed by atoms with Crippen molar-refractivity contribution in [1.29, 1.82) is 0 Å². The first kappa shape index (κ1) is 88.9. The first-order chi connectivity index (χ1) is 71.1. The summed E-state index contributed by atoms with van der Waals surface area (Å²) in [5.41, 5.74) is 17.7. The van der Waals surface area contributed by atoms with Crippen LogP contribution in [0.15, 0.2) is 473 Å². The third-order valence-electron chi connectivity index (χ3n) is 22.7. The number of hydrogen-bond donors (Lipinski definition) is 0. The fourth-order valence-electron chi connectivity index (χ4n) is 15.5. The topological polar surface area (TPSA) is 265 Å². The van der Waals surface area contributed by atoms with E-state index in [0.717, 1.165) is 100 Å². The predicted octanol–water partition coefficient (Wildman–Crippen LogP) is 30.9. The lowest BCUT2D eigenvalue weighted by atomic mass is 10.1. The van der Waals surface area contributed by atoms with Gasteiger partial charge in [0, 0.05) is 0 Å². The van der Waals surface area contributed by atoms with E-state index in [1.165, 1.54) is 0 Å². The van der Waals surface area contributed by atoms with Crippen molar-refractivity contribution >= 4 is 0 Å². The molecule has 0 aliphatic rings. The lowest BCUT2D eigenvalue weighted by Crippen LogP contribution is -2.01. The second kappa shape index (κ2) is 42.1. The molecule has 0 aliphatic heterocycles. The minimum Gasteiger partial charge on any atom is -0.424 e. The fourth-order valence-corrected chi connectivity index (χ4v) is 15.5. The van der Waals surface area contributed by atoms with Crippen molar-refractivity contribution in [3.8, 4) is 241 Å². The first-order valence-corrected chi connectivity index (χ1v) is 45.8. The van der Waals surface area contributed by atoms with Crippen LogP contribution < -0.4 is 56.8 Å². The van der Waals surface area contributed by atoms with Crippen molar-refractivity contribution in [2.75, 3.05) is 0 Å². The molecule has 0 N–H and O–H groups in total. The van der Waals surface area contributed by atoms with Gasteiger partial charge in [-0.25, -0.2) is 0 Å². The average molecular weight is 1880 g/mol. The van der Waals surface area contributed by atoms with Gasteiger partial charge in [0.05, 0.1) is 0 Å². The van der Waals surface area contributed by atoms with Gasteiger partial charge in [-0.3, -0.25) is 0 Å². The molecule has 18 aromatic carbocycles. The van der Waals surface area contributed by atoms with E-state index in [-0.39, 0.29) is 72.1 Å². The third-order valence-corrected chi connectivity index (χ3v) is 22.7. The van der Waals surface area contributed by atoms with Crippen LogP contribution in [-0.2, 0) is 0 Å². The summed E-state index contributed by atoms with van der Waals surface area (Å²) in [6.45, 7) is 0. The SMILES string of the molecule is c1ccc(-c2ccc(Oc3nc(Oc4ccc(-c5ccccc5)cc4)nc(Oc4ccc(-c5ccc(Oc6nc(Oc7ccc(-c8ccc(Oc9nc(Oc%10ccc(-c%11ccccc%11)cc%10)nc(Oc%10ccc(-c%11ccccc%11)cc%10)n9)cc8)cc7)nc(Oc7ccc(-c8ccc(Oc9nc(Oc%10ccc(-c%11ccccc%11)cc%10)nc(Oc%10ccc(-c%11ccccc%11)cc%10)n9)cc8)cc7)n6)cc5)cc4)n3)cc2)cc1. The number of ether oxygens (including phenoxy) is 12. The van der Waals surface area contributed by atoms with Crippen LogP contribution in [0.1, 0.15) is 0 Å². The third kappa shape index (κ3) is 22.6. The number of aromatic nitrogens is 12. The van der Waals surface area contributed by atoms with Crippen LogP contribution >= 0.6 is 0 Å². The highest BCUT2D eigenvalue weighted by Gasteiger charge is 2.22. The van der Waals surface area contributed by atoms with Gasteiger partial charge in [-0.15, -0.1) is 59.8 Å². The Morgan fingerprint density at radius 1 is 0.0764 bits per heavy atom. The maximum absolute atomic E-state index is 6.44. The van der Waals surface area contributed by atoms with Gasteiger partial charge in [0.1, 0.15) is 69.0 Å². The molecule has 24 nitrogen and oxygen atoms in total. The minimum atomic E-state index is -0.121. The van der Waals surface area contributed by atoms with E-state index in [0.29, 0.717) is 69.0 Å². The molecule has 0 unspecified atom stereocenters. The van der Waals surface area contributed by atoms with Gasteiger partial charge in [0.15, 0.2) is 0 Å². The Kier molecular flexibility index (Phi) is 26.0. The molecule has 22 aromatic rings. The maximum Gasteiger partial charge on any atom is 0.331 e. The Hall–Kier alpha value is -20.4. The smallest absolute Gasteiger partial charge is 0.331 e. The summed E-state index contributed by atoms with van der Waals surface area (Å²) in [5.74, 6) is 5.49. The lowest BCUT2D eigenvalue weighted by Gasteiger charge is -2.12. The molecule has 24 heteroatoms. The molecule has 690 valence electrons. The van der Waals surface area contributed by atoms with E-state index >= 15 is 0 Å². The van der Waals surface area contributed by atoms with Crippen molar-refractivity contribution in [3.63, 3.8) is 0 Å². The van der Waals surface area contributed by atoms with Crippen LogP contribution in [0.2, 0.25) is 0 Å². The van der Waals surface area contributed by atoms with E-state index in [4.69, 9.17) is 56.8 Å². The van der Waals surface area contributed by atoms with Crippen molar-refractivity contribution in [2.24, 2.45) is 0 Å². The monoisotopic (exact) mass is 1880 g/mol. The summed E-state index contributed by atoms with van der Waals surface area (Å²) < 4.78 is 75.7. The molecule has 0 bridgehead atoms.